The molecule has 0 bridgehead atoms. The smallest absolute Gasteiger partial charge is 0.269 e. The molecule has 1 aromatic carbocycles. The van der Waals surface area contributed by atoms with Gasteiger partial charge in [0.05, 0.1) is 16.4 Å². The van der Waals surface area contributed by atoms with Gasteiger partial charge in [0.2, 0.25) is 10.0 Å². The molecule has 0 amide bonds. The van der Waals surface area contributed by atoms with Crippen molar-refractivity contribution in [1.82, 2.24) is 4.31 Å². The zero-order valence-electron chi connectivity index (χ0n) is 11.5. The first kappa shape index (κ1) is 15.9. The highest BCUT2D eigenvalue weighted by Crippen LogP contribution is 2.25. The van der Waals surface area contributed by atoms with E-state index < -0.39 is 21.0 Å². The topological polar surface area (TPSA) is 101 Å². The number of hydrogen-bond acceptors (Lipinski definition) is 5. The van der Waals surface area contributed by atoms with E-state index in [0.29, 0.717) is 13.0 Å². The molecule has 0 aromatic heterocycles. The molecule has 1 fully saturated rings. The Morgan fingerprint density at radius 3 is 2.48 bits per heavy atom. The molecule has 1 atom stereocenters. The van der Waals surface area contributed by atoms with Crippen LogP contribution in [0.2, 0.25) is 0 Å². The van der Waals surface area contributed by atoms with E-state index in [1.54, 1.807) is 0 Å². The van der Waals surface area contributed by atoms with Gasteiger partial charge >= 0.3 is 0 Å². The highest BCUT2D eigenvalue weighted by atomic mass is 32.2. The number of aliphatic hydroxyl groups excluding tert-OH is 1. The van der Waals surface area contributed by atoms with Crippen molar-refractivity contribution in [1.29, 1.82) is 0 Å². The molecule has 2 rings (SSSR count). The quantitative estimate of drug-likeness (QED) is 0.670. The number of sulfonamides is 1. The van der Waals surface area contributed by atoms with Gasteiger partial charge in [-0.15, -0.1) is 0 Å². The van der Waals surface area contributed by atoms with Crippen LogP contribution in [0.4, 0.5) is 5.69 Å². The maximum absolute atomic E-state index is 12.6. The van der Waals surface area contributed by atoms with Crippen LogP contribution < -0.4 is 0 Å². The Bertz CT molecular complexity index is 599. The predicted molar refractivity (Wildman–Crippen MR) is 76.3 cm³/mol. The van der Waals surface area contributed by atoms with Gasteiger partial charge in [0, 0.05) is 24.7 Å². The molecular weight excluding hydrogens is 296 g/mol. The lowest BCUT2D eigenvalue weighted by Crippen LogP contribution is -2.41. The molecular formula is C13H18N2O5S. The van der Waals surface area contributed by atoms with Gasteiger partial charge in [0.15, 0.2) is 0 Å². The van der Waals surface area contributed by atoms with Crippen LogP contribution in [-0.2, 0) is 10.0 Å². The van der Waals surface area contributed by atoms with Gasteiger partial charge < -0.3 is 5.11 Å². The Morgan fingerprint density at radius 2 is 1.90 bits per heavy atom. The Kier molecular flexibility index (Phi) is 4.92. The molecule has 1 saturated heterocycles. The normalized spacial score (nSPS) is 20.9. The number of benzene rings is 1. The minimum absolute atomic E-state index is 0.0217. The molecule has 1 aliphatic heterocycles. The molecule has 1 aromatic rings. The largest absolute Gasteiger partial charge is 0.395 e. The predicted octanol–water partition coefficient (Wildman–Crippen LogP) is 1.52. The van der Waals surface area contributed by atoms with Crippen LogP contribution in [0.3, 0.4) is 0 Å². The number of aliphatic hydroxyl groups is 1. The standard InChI is InChI=1S/C13H18N2O5S/c16-10-12-4-2-1-3-9-14(12)21(19,20)13-7-5-11(6-8-13)15(17)18/h5-8,12,16H,1-4,9-10H2. The third kappa shape index (κ3) is 3.39. The van der Waals surface area contributed by atoms with Gasteiger partial charge in [-0.25, -0.2) is 8.42 Å². The summed E-state index contributed by atoms with van der Waals surface area (Å²) in [4.78, 5) is 10.1. The van der Waals surface area contributed by atoms with Gasteiger partial charge in [-0.3, -0.25) is 10.1 Å². The molecule has 7 nitrogen and oxygen atoms in total. The van der Waals surface area contributed by atoms with E-state index in [-0.39, 0.29) is 17.2 Å². The van der Waals surface area contributed by atoms with Crippen LogP contribution in [0, 0.1) is 10.1 Å². The third-order valence-corrected chi connectivity index (χ3v) is 5.65. The van der Waals surface area contributed by atoms with E-state index >= 15 is 0 Å². The minimum atomic E-state index is -3.74. The number of rotatable bonds is 4. The van der Waals surface area contributed by atoms with E-state index in [1.807, 2.05) is 0 Å². The molecule has 21 heavy (non-hydrogen) atoms. The van der Waals surface area contributed by atoms with Crippen molar-refractivity contribution in [2.75, 3.05) is 13.2 Å². The van der Waals surface area contributed by atoms with E-state index in [1.165, 1.54) is 28.6 Å². The summed E-state index contributed by atoms with van der Waals surface area (Å²) in [5, 5.41) is 20.0. The minimum Gasteiger partial charge on any atom is -0.395 e. The van der Waals surface area contributed by atoms with Crippen molar-refractivity contribution in [3.05, 3.63) is 34.4 Å². The summed E-state index contributed by atoms with van der Waals surface area (Å²) in [6.07, 6.45) is 3.20. The van der Waals surface area contributed by atoms with Gasteiger partial charge in [0.25, 0.3) is 5.69 Å². The fraction of sp³-hybridized carbons (Fsp3) is 0.538. The van der Waals surface area contributed by atoms with Crippen LogP contribution in [0.5, 0.6) is 0 Å². The average molecular weight is 314 g/mol. The SMILES string of the molecule is O=[N+]([O-])c1ccc(S(=O)(=O)N2CCCCCC2CO)cc1. The maximum Gasteiger partial charge on any atom is 0.269 e. The molecule has 116 valence electrons. The lowest BCUT2D eigenvalue weighted by Gasteiger charge is -2.27. The molecule has 0 aliphatic carbocycles. The number of nitro benzene ring substituents is 1. The Morgan fingerprint density at radius 1 is 1.24 bits per heavy atom. The summed E-state index contributed by atoms with van der Waals surface area (Å²) in [5.74, 6) is 0. The monoisotopic (exact) mass is 314 g/mol. The Hall–Kier alpha value is -1.51. The van der Waals surface area contributed by atoms with Crippen molar-refractivity contribution in [3.8, 4) is 0 Å². The lowest BCUT2D eigenvalue weighted by molar-refractivity contribution is -0.384. The Labute approximate surface area is 123 Å². The third-order valence-electron chi connectivity index (χ3n) is 3.69. The van der Waals surface area contributed by atoms with Crippen molar-refractivity contribution in [3.63, 3.8) is 0 Å². The van der Waals surface area contributed by atoms with E-state index in [0.717, 1.165) is 19.3 Å². The second-order valence-corrected chi connectivity index (χ2v) is 6.94. The fourth-order valence-electron chi connectivity index (χ4n) is 2.52. The average Bonchev–Trinajstić information content (AvgIpc) is 2.72. The van der Waals surface area contributed by atoms with Crippen LogP contribution in [0.25, 0.3) is 0 Å². The maximum atomic E-state index is 12.6. The van der Waals surface area contributed by atoms with Crippen LogP contribution in [0.1, 0.15) is 25.7 Å². The van der Waals surface area contributed by atoms with Crippen molar-refractivity contribution in [2.45, 2.75) is 36.6 Å². The second-order valence-electron chi connectivity index (χ2n) is 5.05. The summed E-state index contributed by atoms with van der Waals surface area (Å²) in [6.45, 7) is 0.150. The van der Waals surface area contributed by atoms with Gasteiger partial charge in [-0.1, -0.05) is 12.8 Å². The number of nitro groups is 1. The first-order valence-electron chi connectivity index (χ1n) is 6.84. The number of hydrogen-bond donors (Lipinski definition) is 1. The second kappa shape index (κ2) is 6.50. The lowest BCUT2D eigenvalue weighted by atomic mass is 10.1. The zero-order valence-corrected chi connectivity index (χ0v) is 12.3. The molecule has 1 aliphatic rings. The summed E-state index contributed by atoms with van der Waals surface area (Å²) in [5.41, 5.74) is -0.150. The molecule has 0 saturated carbocycles. The van der Waals surface area contributed by atoms with Gasteiger partial charge in [-0.2, -0.15) is 4.31 Å². The van der Waals surface area contributed by atoms with Crippen molar-refractivity contribution < 1.29 is 18.4 Å². The van der Waals surface area contributed by atoms with Crippen molar-refractivity contribution in [2.24, 2.45) is 0 Å². The van der Waals surface area contributed by atoms with Crippen LogP contribution >= 0.6 is 0 Å². The number of nitrogens with zero attached hydrogens (tertiary/aromatic N) is 2. The van der Waals surface area contributed by atoms with Crippen LogP contribution in [0.15, 0.2) is 29.2 Å². The molecule has 0 radical (unpaired) electrons. The Balaban J connectivity index is 2.32. The molecule has 0 spiro atoms. The van der Waals surface area contributed by atoms with Crippen molar-refractivity contribution >= 4 is 15.7 Å². The first-order chi connectivity index (χ1) is 9.96. The highest BCUT2D eigenvalue weighted by molar-refractivity contribution is 7.89. The van der Waals surface area contributed by atoms with E-state index in [2.05, 4.69) is 0 Å². The molecule has 1 N–H and O–H groups in total. The van der Waals surface area contributed by atoms with Gasteiger partial charge in [-0.05, 0) is 25.0 Å². The molecule has 1 heterocycles. The summed E-state index contributed by atoms with van der Waals surface area (Å²) in [7, 11) is -3.74. The highest BCUT2D eigenvalue weighted by Gasteiger charge is 2.32. The molecule has 1 unspecified atom stereocenters. The van der Waals surface area contributed by atoms with E-state index in [9.17, 15) is 23.6 Å². The van der Waals surface area contributed by atoms with Crippen LogP contribution in [-0.4, -0.2) is 41.9 Å². The van der Waals surface area contributed by atoms with E-state index in [4.69, 9.17) is 0 Å². The summed E-state index contributed by atoms with van der Waals surface area (Å²) < 4.78 is 26.6. The zero-order chi connectivity index (χ0) is 15.5. The molecule has 8 heteroatoms. The first-order valence-corrected chi connectivity index (χ1v) is 8.28. The van der Waals surface area contributed by atoms with Gasteiger partial charge in [0.1, 0.15) is 0 Å². The fourth-order valence-corrected chi connectivity index (χ4v) is 4.21. The number of non-ortho nitro benzene ring substituents is 1. The summed E-state index contributed by atoms with van der Waals surface area (Å²) in [6, 6.07) is 4.42. The summed E-state index contributed by atoms with van der Waals surface area (Å²) >= 11 is 0.